The molecule has 1 unspecified atom stereocenters. The highest BCUT2D eigenvalue weighted by Crippen LogP contribution is 2.31. The van der Waals surface area contributed by atoms with Gasteiger partial charge in [0.2, 0.25) is 5.91 Å². The van der Waals surface area contributed by atoms with Crippen LogP contribution in [0.1, 0.15) is 38.7 Å². The second-order valence-corrected chi connectivity index (χ2v) is 6.11. The second-order valence-electron chi connectivity index (χ2n) is 6.11. The van der Waals surface area contributed by atoms with Crippen molar-refractivity contribution >= 4 is 11.7 Å². The van der Waals surface area contributed by atoms with E-state index >= 15 is 0 Å². The van der Waals surface area contributed by atoms with Crippen molar-refractivity contribution in [2.75, 3.05) is 11.9 Å². The van der Waals surface area contributed by atoms with E-state index in [9.17, 15) is 18.0 Å². The van der Waals surface area contributed by atoms with E-state index < -0.39 is 17.2 Å². The second kappa shape index (κ2) is 6.24. The SMILES string of the molecule is CC(C)(CC1CCCO1)C(=O)Nc1ccc(C(F)(F)F)cn1. The van der Waals surface area contributed by atoms with Gasteiger partial charge < -0.3 is 10.1 Å². The maximum atomic E-state index is 12.5. The molecule has 22 heavy (non-hydrogen) atoms. The van der Waals surface area contributed by atoms with Gasteiger partial charge in [-0.2, -0.15) is 13.2 Å². The largest absolute Gasteiger partial charge is 0.417 e. The van der Waals surface area contributed by atoms with Crippen LogP contribution in [-0.2, 0) is 15.7 Å². The van der Waals surface area contributed by atoms with Crippen molar-refractivity contribution in [3.05, 3.63) is 23.9 Å². The molecular weight excluding hydrogens is 297 g/mol. The lowest BCUT2D eigenvalue weighted by molar-refractivity contribution is -0.137. The lowest BCUT2D eigenvalue weighted by atomic mass is 9.85. The highest BCUT2D eigenvalue weighted by molar-refractivity contribution is 5.94. The maximum absolute atomic E-state index is 12.5. The minimum absolute atomic E-state index is 0.0568. The fourth-order valence-electron chi connectivity index (χ4n) is 2.39. The first kappa shape index (κ1) is 16.7. The third kappa shape index (κ3) is 4.19. The molecule has 122 valence electrons. The number of anilines is 1. The summed E-state index contributed by atoms with van der Waals surface area (Å²) in [5.74, 6) is -0.173. The topological polar surface area (TPSA) is 51.2 Å². The number of hydrogen-bond donors (Lipinski definition) is 1. The summed E-state index contributed by atoms with van der Waals surface area (Å²) in [7, 11) is 0. The van der Waals surface area contributed by atoms with Gasteiger partial charge >= 0.3 is 6.18 Å². The van der Waals surface area contributed by atoms with Crippen LogP contribution in [-0.4, -0.2) is 23.6 Å². The molecule has 1 aliphatic heterocycles. The van der Waals surface area contributed by atoms with E-state index in [1.807, 2.05) is 0 Å². The van der Waals surface area contributed by atoms with Gasteiger partial charge in [-0.3, -0.25) is 4.79 Å². The first-order valence-electron chi connectivity index (χ1n) is 7.15. The normalized spacial score (nSPS) is 19.2. The Balaban J connectivity index is 1.98. The third-order valence-corrected chi connectivity index (χ3v) is 3.71. The average molecular weight is 316 g/mol. The molecule has 1 saturated heterocycles. The zero-order valence-electron chi connectivity index (χ0n) is 12.5. The molecule has 1 amide bonds. The molecule has 1 aromatic rings. The molecule has 0 bridgehead atoms. The molecule has 4 nitrogen and oxygen atoms in total. The number of nitrogens with one attached hydrogen (secondary N) is 1. The summed E-state index contributed by atoms with van der Waals surface area (Å²) >= 11 is 0. The Morgan fingerprint density at radius 2 is 2.14 bits per heavy atom. The van der Waals surface area contributed by atoms with Gasteiger partial charge in [-0.25, -0.2) is 4.98 Å². The van der Waals surface area contributed by atoms with E-state index in [1.54, 1.807) is 13.8 Å². The summed E-state index contributed by atoms with van der Waals surface area (Å²) in [6, 6.07) is 2.05. The molecular formula is C15H19F3N2O2. The van der Waals surface area contributed by atoms with Crippen LogP contribution in [0.4, 0.5) is 19.0 Å². The number of pyridine rings is 1. The Morgan fingerprint density at radius 1 is 1.41 bits per heavy atom. The molecule has 7 heteroatoms. The minimum atomic E-state index is -4.44. The van der Waals surface area contributed by atoms with E-state index in [-0.39, 0.29) is 17.8 Å². The van der Waals surface area contributed by atoms with Gasteiger partial charge in [0.15, 0.2) is 0 Å². The molecule has 0 radical (unpaired) electrons. The molecule has 1 aromatic heterocycles. The van der Waals surface area contributed by atoms with Crippen molar-refractivity contribution in [1.29, 1.82) is 0 Å². The van der Waals surface area contributed by atoms with Gasteiger partial charge in [0.05, 0.1) is 11.7 Å². The number of nitrogens with zero attached hydrogens (tertiary/aromatic N) is 1. The van der Waals surface area contributed by atoms with Crippen molar-refractivity contribution in [3.63, 3.8) is 0 Å². The number of amides is 1. The zero-order valence-corrected chi connectivity index (χ0v) is 12.5. The van der Waals surface area contributed by atoms with Crippen LogP contribution in [0.15, 0.2) is 18.3 Å². The molecule has 1 atom stereocenters. The van der Waals surface area contributed by atoms with Crippen LogP contribution in [0.25, 0.3) is 0 Å². The predicted molar refractivity (Wildman–Crippen MR) is 75.2 cm³/mol. The van der Waals surface area contributed by atoms with E-state index in [2.05, 4.69) is 10.3 Å². The molecule has 2 heterocycles. The van der Waals surface area contributed by atoms with Crippen LogP contribution in [0.3, 0.4) is 0 Å². The Hall–Kier alpha value is -1.63. The Bertz CT molecular complexity index is 521. The quantitative estimate of drug-likeness (QED) is 0.923. The standard InChI is InChI=1S/C15H19F3N2O2/c1-14(2,8-11-4-3-7-22-11)13(21)20-12-6-5-10(9-19-12)15(16,17)18/h5-6,9,11H,3-4,7-8H2,1-2H3,(H,19,20,21). The van der Waals surface area contributed by atoms with Crippen molar-refractivity contribution < 1.29 is 22.7 Å². The van der Waals surface area contributed by atoms with Gasteiger partial charge in [0, 0.05) is 18.2 Å². The Morgan fingerprint density at radius 3 is 2.64 bits per heavy atom. The van der Waals surface area contributed by atoms with Crippen LogP contribution in [0.2, 0.25) is 0 Å². The van der Waals surface area contributed by atoms with Gasteiger partial charge in [-0.05, 0) is 31.4 Å². The van der Waals surface area contributed by atoms with Gasteiger partial charge in [0.25, 0.3) is 0 Å². The predicted octanol–water partition coefficient (Wildman–Crippen LogP) is 3.63. The smallest absolute Gasteiger partial charge is 0.378 e. The van der Waals surface area contributed by atoms with E-state index in [0.29, 0.717) is 19.2 Å². The van der Waals surface area contributed by atoms with Gasteiger partial charge in [-0.15, -0.1) is 0 Å². The number of halogens is 3. The number of carbonyl (C=O) groups excluding carboxylic acids is 1. The zero-order chi connectivity index (χ0) is 16.4. The lowest BCUT2D eigenvalue weighted by Crippen LogP contribution is -2.34. The number of rotatable bonds is 4. The number of aromatic nitrogens is 1. The highest BCUT2D eigenvalue weighted by atomic mass is 19.4. The number of ether oxygens (including phenoxy) is 1. The van der Waals surface area contributed by atoms with Gasteiger partial charge in [0.1, 0.15) is 5.82 Å². The molecule has 0 saturated carbocycles. The highest BCUT2D eigenvalue weighted by Gasteiger charge is 2.34. The summed E-state index contributed by atoms with van der Waals surface area (Å²) in [5, 5.41) is 2.56. The van der Waals surface area contributed by atoms with Crippen LogP contribution in [0.5, 0.6) is 0 Å². The van der Waals surface area contributed by atoms with Crippen molar-refractivity contribution in [2.45, 2.75) is 45.4 Å². The number of carbonyl (C=O) groups is 1. The molecule has 2 rings (SSSR count). The molecule has 1 N–H and O–H groups in total. The van der Waals surface area contributed by atoms with Crippen molar-refractivity contribution in [1.82, 2.24) is 4.98 Å². The summed E-state index contributed by atoms with van der Waals surface area (Å²) in [6.07, 6.45) is -1.18. The number of hydrogen-bond acceptors (Lipinski definition) is 3. The molecule has 0 aromatic carbocycles. The third-order valence-electron chi connectivity index (χ3n) is 3.71. The van der Waals surface area contributed by atoms with Crippen LogP contribution >= 0.6 is 0 Å². The fraction of sp³-hybridized carbons (Fsp3) is 0.600. The lowest BCUT2D eigenvalue weighted by Gasteiger charge is -2.26. The summed E-state index contributed by atoms with van der Waals surface area (Å²) in [4.78, 5) is 15.9. The fourth-order valence-corrected chi connectivity index (χ4v) is 2.39. The van der Waals surface area contributed by atoms with Crippen molar-refractivity contribution in [2.24, 2.45) is 5.41 Å². The molecule has 0 aliphatic carbocycles. The Labute approximate surface area is 127 Å². The molecule has 1 fully saturated rings. The first-order valence-corrected chi connectivity index (χ1v) is 7.15. The van der Waals surface area contributed by atoms with Crippen LogP contribution in [0, 0.1) is 5.41 Å². The van der Waals surface area contributed by atoms with E-state index in [0.717, 1.165) is 25.0 Å². The average Bonchev–Trinajstić information content (AvgIpc) is 2.90. The molecule has 1 aliphatic rings. The summed E-state index contributed by atoms with van der Waals surface area (Å²) in [6.45, 7) is 4.28. The number of alkyl halides is 3. The van der Waals surface area contributed by atoms with E-state index in [4.69, 9.17) is 4.74 Å². The van der Waals surface area contributed by atoms with E-state index in [1.165, 1.54) is 0 Å². The maximum Gasteiger partial charge on any atom is 0.417 e. The van der Waals surface area contributed by atoms with Crippen LogP contribution < -0.4 is 5.32 Å². The monoisotopic (exact) mass is 316 g/mol. The molecule has 0 spiro atoms. The van der Waals surface area contributed by atoms with Gasteiger partial charge in [-0.1, -0.05) is 13.8 Å². The summed E-state index contributed by atoms with van der Waals surface area (Å²) < 4.78 is 42.9. The Kier molecular flexibility index (Phi) is 4.75. The van der Waals surface area contributed by atoms with Crippen molar-refractivity contribution in [3.8, 4) is 0 Å². The first-order chi connectivity index (χ1) is 10.2. The summed E-state index contributed by atoms with van der Waals surface area (Å²) in [5.41, 5.74) is -1.52. The minimum Gasteiger partial charge on any atom is -0.378 e.